The zero-order valence-electron chi connectivity index (χ0n) is 25.6. The molecule has 0 bridgehead atoms. The SMILES string of the molecule is CNS(=O)(=O)c1cccc(OCC(O)CN[C@@H]2COC3(CCN(S(=O)(=O)c4cccc(-c5ccc(CN)cc5)c4C)CC3)C2)c1. The molecule has 1 unspecified atom stereocenters. The van der Waals surface area contributed by atoms with Crippen LogP contribution < -0.4 is 20.5 Å². The maximum atomic E-state index is 13.8. The van der Waals surface area contributed by atoms with E-state index in [9.17, 15) is 21.9 Å². The van der Waals surface area contributed by atoms with E-state index in [1.165, 1.54) is 19.2 Å². The minimum absolute atomic E-state index is 0.0106. The van der Waals surface area contributed by atoms with Gasteiger partial charge in [0.15, 0.2) is 0 Å². The van der Waals surface area contributed by atoms with Crippen molar-refractivity contribution in [3.63, 3.8) is 0 Å². The Morgan fingerprint density at radius 2 is 1.78 bits per heavy atom. The molecule has 0 aliphatic carbocycles. The Bertz CT molecular complexity index is 1690. The van der Waals surface area contributed by atoms with E-state index >= 15 is 0 Å². The Balaban J connectivity index is 1.12. The Morgan fingerprint density at radius 1 is 1.07 bits per heavy atom. The van der Waals surface area contributed by atoms with Gasteiger partial charge in [0.25, 0.3) is 0 Å². The average Bonchev–Trinajstić information content (AvgIpc) is 3.45. The molecule has 0 radical (unpaired) electrons. The van der Waals surface area contributed by atoms with Crippen molar-refractivity contribution in [3.05, 3.63) is 77.9 Å². The molecule has 0 saturated carbocycles. The van der Waals surface area contributed by atoms with E-state index < -0.39 is 31.8 Å². The van der Waals surface area contributed by atoms with E-state index in [0.29, 0.717) is 56.1 Å². The van der Waals surface area contributed by atoms with Gasteiger partial charge in [0.2, 0.25) is 20.0 Å². The van der Waals surface area contributed by atoms with Crippen molar-refractivity contribution >= 4 is 20.0 Å². The summed E-state index contributed by atoms with van der Waals surface area (Å²) < 4.78 is 67.3. The Morgan fingerprint density at radius 3 is 2.47 bits per heavy atom. The second-order valence-electron chi connectivity index (χ2n) is 11.7. The molecule has 3 aromatic carbocycles. The summed E-state index contributed by atoms with van der Waals surface area (Å²) in [5.74, 6) is 0.346. The highest BCUT2D eigenvalue weighted by atomic mass is 32.2. The number of nitrogens with one attached hydrogen (secondary N) is 2. The molecule has 1 spiro atoms. The van der Waals surface area contributed by atoms with Crippen molar-refractivity contribution in [2.45, 2.75) is 60.3 Å². The molecule has 2 aliphatic heterocycles. The molecule has 11 nitrogen and oxygen atoms in total. The second-order valence-corrected chi connectivity index (χ2v) is 15.5. The van der Waals surface area contributed by atoms with E-state index in [-0.39, 0.29) is 24.1 Å². The Kier molecular flexibility index (Phi) is 10.3. The maximum absolute atomic E-state index is 13.8. The minimum Gasteiger partial charge on any atom is -0.491 e. The van der Waals surface area contributed by atoms with Crippen LogP contribution in [0.25, 0.3) is 11.1 Å². The van der Waals surface area contributed by atoms with Gasteiger partial charge in [-0.2, -0.15) is 4.31 Å². The van der Waals surface area contributed by atoms with Crippen molar-refractivity contribution in [2.24, 2.45) is 5.73 Å². The number of nitrogens with two attached hydrogens (primary N) is 1. The minimum atomic E-state index is -3.70. The standard InChI is InChI=1S/C32H42N4O7S2/c1-23-30(25-11-9-24(19-33)10-12-25)7-4-8-31(23)45(40,41)36-15-13-32(14-16-36)18-26(21-43-32)35-20-27(37)22-42-28-5-3-6-29(17-28)44(38,39)34-2/h3-12,17,26-27,34-35,37H,13-16,18-22,33H2,1-2H3/t26-,27?/m0/s1. The average molecular weight is 659 g/mol. The van der Waals surface area contributed by atoms with Crippen LogP contribution >= 0.6 is 0 Å². The first-order chi connectivity index (χ1) is 21.5. The number of sulfonamides is 2. The number of ether oxygens (including phenoxy) is 2. The van der Waals surface area contributed by atoms with Crippen LogP contribution in [-0.4, -0.2) is 83.9 Å². The first-order valence-corrected chi connectivity index (χ1v) is 18.0. The van der Waals surface area contributed by atoms with Crippen LogP contribution in [0.3, 0.4) is 0 Å². The molecule has 2 atom stereocenters. The molecular formula is C32H42N4O7S2. The molecule has 0 amide bonds. The lowest BCUT2D eigenvalue weighted by atomic mass is 9.88. The lowest BCUT2D eigenvalue weighted by molar-refractivity contribution is -0.0312. The summed E-state index contributed by atoms with van der Waals surface area (Å²) in [6, 6.07) is 19.4. The predicted molar refractivity (Wildman–Crippen MR) is 172 cm³/mol. The lowest BCUT2D eigenvalue weighted by Crippen LogP contribution is -2.47. The summed E-state index contributed by atoms with van der Waals surface area (Å²) in [7, 11) is -5.96. The topological polar surface area (TPSA) is 160 Å². The zero-order chi connectivity index (χ0) is 32.2. The van der Waals surface area contributed by atoms with Gasteiger partial charge in [0, 0.05) is 38.3 Å². The number of piperidine rings is 1. The summed E-state index contributed by atoms with van der Waals surface area (Å²) >= 11 is 0. The van der Waals surface area contributed by atoms with Gasteiger partial charge in [0.05, 0.1) is 22.0 Å². The van der Waals surface area contributed by atoms with Crippen molar-refractivity contribution in [1.82, 2.24) is 14.3 Å². The van der Waals surface area contributed by atoms with Gasteiger partial charge in [-0.25, -0.2) is 21.6 Å². The normalized spacial score (nSPS) is 19.5. The first-order valence-electron chi connectivity index (χ1n) is 15.1. The largest absolute Gasteiger partial charge is 0.491 e. The number of nitrogens with zero attached hydrogens (tertiary/aromatic N) is 1. The number of aliphatic hydroxyl groups is 1. The molecule has 5 N–H and O–H groups in total. The highest BCUT2D eigenvalue weighted by Gasteiger charge is 2.45. The second kappa shape index (κ2) is 13.9. The lowest BCUT2D eigenvalue weighted by Gasteiger charge is -2.38. The Hall–Kier alpha value is -2.88. The molecule has 2 aliphatic rings. The summed E-state index contributed by atoms with van der Waals surface area (Å²) in [4.78, 5) is 0.400. The number of hydrogen-bond donors (Lipinski definition) is 4. The molecule has 2 fully saturated rings. The third-order valence-corrected chi connectivity index (χ3v) is 12.2. The predicted octanol–water partition coefficient (Wildman–Crippen LogP) is 2.37. The summed E-state index contributed by atoms with van der Waals surface area (Å²) in [5, 5.41) is 13.8. The van der Waals surface area contributed by atoms with Gasteiger partial charge >= 0.3 is 0 Å². The molecule has 244 valence electrons. The van der Waals surface area contributed by atoms with E-state index in [2.05, 4.69) is 10.0 Å². The van der Waals surface area contributed by atoms with Crippen LogP contribution in [0.15, 0.2) is 76.5 Å². The van der Waals surface area contributed by atoms with E-state index in [1.807, 2.05) is 37.3 Å². The van der Waals surface area contributed by atoms with Crippen LogP contribution in [0.2, 0.25) is 0 Å². The monoisotopic (exact) mass is 658 g/mol. The molecule has 45 heavy (non-hydrogen) atoms. The fraction of sp³-hybridized carbons (Fsp3) is 0.438. The van der Waals surface area contributed by atoms with Gasteiger partial charge in [-0.3, -0.25) is 0 Å². The summed E-state index contributed by atoms with van der Waals surface area (Å²) in [6.45, 7) is 3.75. The number of hydrogen-bond acceptors (Lipinski definition) is 9. The van der Waals surface area contributed by atoms with Gasteiger partial charge in [0.1, 0.15) is 18.5 Å². The summed E-state index contributed by atoms with van der Waals surface area (Å²) in [5.41, 5.74) is 8.88. The highest BCUT2D eigenvalue weighted by Crippen LogP contribution is 2.38. The molecule has 5 rings (SSSR count). The van der Waals surface area contributed by atoms with Crippen LogP contribution in [0, 0.1) is 6.92 Å². The van der Waals surface area contributed by atoms with Crippen LogP contribution in [0.1, 0.15) is 30.4 Å². The van der Waals surface area contributed by atoms with Gasteiger partial charge < -0.3 is 25.6 Å². The Labute approximate surface area is 265 Å². The quantitative estimate of drug-likeness (QED) is 0.229. The smallest absolute Gasteiger partial charge is 0.243 e. The number of rotatable bonds is 12. The fourth-order valence-corrected chi connectivity index (χ4v) is 8.48. The highest BCUT2D eigenvalue weighted by molar-refractivity contribution is 7.89. The molecule has 2 heterocycles. The zero-order valence-corrected chi connectivity index (χ0v) is 27.2. The van der Waals surface area contributed by atoms with E-state index in [1.54, 1.807) is 28.6 Å². The molecule has 3 aromatic rings. The molecule has 0 aromatic heterocycles. The molecule has 13 heteroatoms. The van der Waals surface area contributed by atoms with Crippen LogP contribution in [0.4, 0.5) is 0 Å². The number of aliphatic hydroxyl groups excluding tert-OH is 1. The van der Waals surface area contributed by atoms with Crippen LogP contribution in [0.5, 0.6) is 5.75 Å². The van der Waals surface area contributed by atoms with Crippen molar-refractivity contribution < 1.29 is 31.4 Å². The van der Waals surface area contributed by atoms with Gasteiger partial charge in [-0.05, 0) is 73.7 Å². The molecular weight excluding hydrogens is 617 g/mol. The van der Waals surface area contributed by atoms with E-state index in [0.717, 1.165) is 22.3 Å². The van der Waals surface area contributed by atoms with Gasteiger partial charge in [-0.15, -0.1) is 0 Å². The summed E-state index contributed by atoms with van der Waals surface area (Å²) in [6.07, 6.45) is 1.06. The third-order valence-electron chi connectivity index (χ3n) is 8.71. The van der Waals surface area contributed by atoms with E-state index in [4.69, 9.17) is 15.2 Å². The van der Waals surface area contributed by atoms with Crippen LogP contribution in [-0.2, 0) is 31.3 Å². The van der Waals surface area contributed by atoms with Crippen molar-refractivity contribution in [2.75, 3.05) is 39.9 Å². The van der Waals surface area contributed by atoms with Gasteiger partial charge in [-0.1, -0.05) is 42.5 Å². The fourth-order valence-electron chi connectivity index (χ4n) is 6.03. The van der Waals surface area contributed by atoms with Crippen molar-refractivity contribution in [1.29, 1.82) is 0 Å². The maximum Gasteiger partial charge on any atom is 0.243 e. The molecule has 2 saturated heterocycles. The number of benzene rings is 3. The third kappa shape index (κ3) is 7.58. The first kappa shape index (κ1) is 33.5. The van der Waals surface area contributed by atoms with Crippen molar-refractivity contribution in [3.8, 4) is 16.9 Å².